The Labute approximate surface area is 92.9 Å². The predicted octanol–water partition coefficient (Wildman–Crippen LogP) is 1.98. The second kappa shape index (κ2) is 5.86. The van der Waals surface area contributed by atoms with Crippen LogP contribution in [0.5, 0.6) is 0 Å². The monoisotopic (exact) mass is 232 g/mol. The molecule has 1 rings (SSSR count). The highest BCUT2D eigenvalue weighted by Crippen LogP contribution is 2.12. The maximum Gasteiger partial charge on any atom is 0.251 e. The van der Waals surface area contributed by atoms with Gasteiger partial charge in [-0.25, -0.2) is 13.2 Å². The number of alkyl halides is 2. The summed E-state index contributed by atoms with van der Waals surface area (Å²) < 4.78 is 37.3. The molecule has 0 bridgehead atoms. The molecule has 0 saturated carbocycles. The summed E-state index contributed by atoms with van der Waals surface area (Å²) in [4.78, 5) is 1.48. The van der Waals surface area contributed by atoms with Crippen LogP contribution >= 0.6 is 0 Å². The number of hydrogen-bond acceptors (Lipinski definition) is 2. The molecule has 0 fully saturated rings. The molecule has 0 radical (unpaired) electrons. The van der Waals surface area contributed by atoms with Gasteiger partial charge in [0.25, 0.3) is 6.43 Å². The molecule has 0 amide bonds. The second-order valence-corrected chi connectivity index (χ2v) is 3.72. The summed E-state index contributed by atoms with van der Waals surface area (Å²) >= 11 is 0. The summed E-state index contributed by atoms with van der Waals surface area (Å²) in [6.07, 6.45) is -2.36. The van der Waals surface area contributed by atoms with Crippen molar-refractivity contribution in [3.8, 4) is 0 Å². The van der Waals surface area contributed by atoms with E-state index in [1.807, 2.05) is 0 Å². The molecule has 0 aromatic heterocycles. The van der Waals surface area contributed by atoms with Gasteiger partial charge in [0.15, 0.2) is 0 Å². The highest BCUT2D eigenvalue weighted by Gasteiger charge is 2.09. The van der Waals surface area contributed by atoms with Gasteiger partial charge in [0.1, 0.15) is 5.82 Å². The van der Waals surface area contributed by atoms with Crippen LogP contribution in [0.3, 0.4) is 0 Å². The maximum atomic E-state index is 13.1. The molecule has 5 heteroatoms. The summed E-state index contributed by atoms with van der Waals surface area (Å²) in [5.74, 6) is -0.359. The van der Waals surface area contributed by atoms with Gasteiger partial charge in [0, 0.05) is 18.7 Å². The van der Waals surface area contributed by atoms with E-state index in [9.17, 15) is 13.2 Å². The molecule has 0 aliphatic carbocycles. The molecule has 0 aliphatic rings. The molecule has 0 atom stereocenters. The lowest BCUT2D eigenvalue weighted by Gasteiger charge is -2.16. The summed E-state index contributed by atoms with van der Waals surface area (Å²) in [5.41, 5.74) is 6.55. The Kier molecular flexibility index (Phi) is 4.76. The Balaban J connectivity index is 2.67. The molecule has 2 nitrogen and oxygen atoms in total. The van der Waals surface area contributed by atoms with E-state index in [4.69, 9.17) is 5.73 Å². The Bertz CT molecular complexity index is 342. The third-order valence-corrected chi connectivity index (χ3v) is 2.23. The van der Waals surface area contributed by atoms with E-state index in [-0.39, 0.29) is 18.9 Å². The first-order chi connectivity index (χ1) is 7.52. The van der Waals surface area contributed by atoms with Gasteiger partial charge in [0.05, 0.1) is 6.54 Å². The van der Waals surface area contributed by atoms with E-state index in [1.54, 1.807) is 19.2 Å². The van der Waals surface area contributed by atoms with Crippen LogP contribution in [-0.4, -0.2) is 24.9 Å². The molecule has 0 spiro atoms. The number of rotatable bonds is 5. The zero-order chi connectivity index (χ0) is 12.1. The molecular formula is C11H15F3N2. The molecular weight excluding hydrogens is 217 g/mol. The number of halogens is 3. The maximum absolute atomic E-state index is 13.1. The van der Waals surface area contributed by atoms with Crippen molar-refractivity contribution in [2.75, 3.05) is 13.6 Å². The van der Waals surface area contributed by atoms with Crippen LogP contribution in [0.2, 0.25) is 0 Å². The molecule has 0 heterocycles. The first-order valence-electron chi connectivity index (χ1n) is 4.97. The van der Waals surface area contributed by atoms with Crippen molar-refractivity contribution in [1.82, 2.24) is 4.90 Å². The molecule has 2 N–H and O–H groups in total. The van der Waals surface area contributed by atoms with Crippen LogP contribution in [0.4, 0.5) is 13.2 Å². The summed E-state index contributed by atoms with van der Waals surface area (Å²) in [5, 5.41) is 0. The van der Waals surface area contributed by atoms with Gasteiger partial charge in [0.2, 0.25) is 0 Å². The van der Waals surface area contributed by atoms with Gasteiger partial charge in [-0.3, -0.25) is 4.90 Å². The zero-order valence-electron chi connectivity index (χ0n) is 9.09. The SMILES string of the molecule is CN(Cc1ccc(F)c(CN)c1)CC(F)F. The van der Waals surface area contributed by atoms with E-state index in [2.05, 4.69) is 0 Å². The number of nitrogens with zero attached hydrogens (tertiary/aromatic N) is 1. The van der Waals surface area contributed by atoms with Crippen molar-refractivity contribution in [3.63, 3.8) is 0 Å². The number of nitrogens with two attached hydrogens (primary N) is 1. The molecule has 0 unspecified atom stereocenters. The molecule has 90 valence electrons. The Morgan fingerprint density at radius 3 is 2.62 bits per heavy atom. The second-order valence-electron chi connectivity index (χ2n) is 3.72. The topological polar surface area (TPSA) is 29.3 Å². The summed E-state index contributed by atoms with van der Waals surface area (Å²) in [6.45, 7) is 0.172. The quantitative estimate of drug-likeness (QED) is 0.841. The molecule has 0 saturated heterocycles. The third-order valence-electron chi connectivity index (χ3n) is 2.23. The van der Waals surface area contributed by atoms with Crippen LogP contribution in [0.25, 0.3) is 0 Å². The lowest BCUT2D eigenvalue weighted by Crippen LogP contribution is -2.24. The van der Waals surface area contributed by atoms with Crippen molar-refractivity contribution in [3.05, 3.63) is 35.1 Å². The highest BCUT2D eigenvalue weighted by atomic mass is 19.3. The van der Waals surface area contributed by atoms with Crippen molar-refractivity contribution >= 4 is 0 Å². The van der Waals surface area contributed by atoms with Gasteiger partial charge < -0.3 is 5.73 Å². The van der Waals surface area contributed by atoms with E-state index >= 15 is 0 Å². The fourth-order valence-corrected chi connectivity index (χ4v) is 1.49. The van der Waals surface area contributed by atoms with E-state index in [0.29, 0.717) is 12.1 Å². The van der Waals surface area contributed by atoms with E-state index < -0.39 is 6.43 Å². The summed E-state index contributed by atoms with van der Waals surface area (Å²) in [6, 6.07) is 4.50. The van der Waals surface area contributed by atoms with Crippen molar-refractivity contribution in [2.24, 2.45) is 5.73 Å². The lowest BCUT2D eigenvalue weighted by molar-refractivity contribution is 0.0975. The van der Waals surface area contributed by atoms with Crippen LogP contribution in [0, 0.1) is 5.82 Å². The predicted molar refractivity (Wildman–Crippen MR) is 56.6 cm³/mol. The lowest BCUT2D eigenvalue weighted by atomic mass is 10.1. The van der Waals surface area contributed by atoms with Crippen molar-refractivity contribution in [1.29, 1.82) is 0 Å². The standard InChI is InChI=1S/C11H15F3N2/c1-16(7-11(13)14)6-8-2-3-10(12)9(4-8)5-15/h2-4,11H,5-7,15H2,1H3. The van der Waals surface area contributed by atoms with Gasteiger partial charge in [-0.2, -0.15) is 0 Å². The van der Waals surface area contributed by atoms with Gasteiger partial charge >= 0.3 is 0 Å². The van der Waals surface area contributed by atoms with Crippen LogP contribution in [-0.2, 0) is 13.1 Å². The number of hydrogen-bond donors (Lipinski definition) is 1. The largest absolute Gasteiger partial charge is 0.326 e. The average molecular weight is 232 g/mol. The molecule has 16 heavy (non-hydrogen) atoms. The zero-order valence-corrected chi connectivity index (χ0v) is 9.09. The minimum absolute atomic E-state index is 0.109. The smallest absolute Gasteiger partial charge is 0.251 e. The minimum atomic E-state index is -2.36. The van der Waals surface area contributed by atoms with E-state index in [1.165, 1.54) is 11.0 Å². The number of benzene rings is 1. The molecule has 1 aromatic rings. The Morgan fingerprint density at radius 1 is 1.38 bits per heavy atom. The van der Waals surface area contributed by atoms with Crippen LogP contribution < -0.4 is 5.73 Å². The van der Waals surface area contributed by atoms with Crippen LogP contribution in [0.15, 0.2) is 18.2 Å². The first-order valence-corrected chi connectivity index (χ1v) is 4.97. The van der Waals surface area contributed by atoms with Gasteiger partial charge in [-0.05, 0) is 18.7 Å². The molecule has 0 aliphatic heterocycles. The Morgan fingerprint density at radius 2 is 2.06 bits per heavy atom. The summed E-state index contributed by atoms with van der Waals surface area (Å²) in [7, 11) is 1.59. The normalized spacial score (nSPS) is 11.4. The fraction of sp³-hybridized carbons (Fsp3) is 0.455. The molecule has 1 aromatic carbocycles. The van der Waals surface area contributed by atoms with E-state index in [0.717, 1.165) is 5.56 Å². The fourth-order valence-electron chi connectivity index (χ4n) is 1.49. The highest BCUT2D eigenvalue weighted by molar-refractivity contribution is 5.24. The Hall–Kier alpha value is -1.07. The van der Waals surface area contributed by atoms with Crippen molar-refractivity contribution < 1.29 is 13.2 Å². The van der Waals surface area contributed by atoms with Crippen LogP contribution in [0.1, 0.15) is 11.1 Å². The van der Waals surface area contributed by atoms with Gasteiger partial charge in [-0.1, -0.05) is 12.1 Å². The van der Waals surface area contributed by atoms with Gasteiger partial charge in [-0.15, -0.1) is 0 Å². The average Bonchev–Trinajstić information content (AvgIpc) is 2.19. The van der Waals surface area contributed by atoms with Crippen molar-refractivity contribution in [2.45, 2.75) is 19.5 Å². The minimum Gasteiger partial charge on any atom is -0.326 e. The third kappa shape index (κ3) is 3.83. The first kappa shape index (κ1) is 13.0.